The molecule has 25 heavy (non-hydrogen) atoms. The van der Waals surface area contributed by atoms with Crippen molar-refractivity contribution in [2.75, 3.05) is 19.7 Å². The van der Waals surface area contributed by atoms with E-state index in [1.807, 2.05) is 4.90 Å². The molecule has 2 aliphatic rings. The molecule has 0 unspecified atom stereocenters. The molecule has 1 aromatic rings. The first-order valence-electron chi connectivity index (χ1n) is 9.09. The minimum atomic E-state index is -0.478. The predicted octanol–water partition coefficient (Wildman–Crippen LogP) is 2.50. The Bertz CT molecular complexity index is 608. The van der Waals surface area contributed by atoms with Gasteiger partial charge in [-0.05, 0) is 37.8 Å². The maximum absolute atomic E-state index is 13.5. The van der Waals surface area contributed by atoms with Gasteiger partial charge >= 0.3 is 0 Å². The Kier molecular flexibility index (Phi) is 5.89. The Labute approximate surface area is 147 Å². The van der Waals surface area contributed by atoms with Gasteiger partial charge in [-0.1, -0.05) is 25.0 Å². The first-order chi connectivity index (χ1) is 12.1. The summed E-state index contributed by atoms with van der Waals surface area (Å²) in [5.41, 5.74) is 0. The molecule has 1 N–H and O–H groups in total. The van der Waals surface area contributed by atoms with Gasteiger partial charge in [-0.3, -0.25) is 9.59 Å². The van der Waals surface area contributed by atoms with E-state index in [0.717, 1.165) is 38.5 Å². The van der Waals surface area contributed by atoms with Gasteiger partial charge in [0, 0.05) is 25.0 Å². The summed E-state index contributed by atoms with van der Waals surface area (Å²) in [5, 5.41) is 2.91. The molecule has 2 amide bonds. The Morgan fingerprint density at radius 3 is 2.48 bits per heavy atom. The Balaban J connectivity index is 1.39. The van der Waals surface area contributed by atoms with E-state index in [0.29, 0.717) is 13.1 Å². The minimum absolute atomic E-state index is 0.0457. The van der Waals surface area contributed by atoms with E-state index in [1.165, 1.54) is 12.1 Å². The number of rotatable bonds is 5. The van der Waals surface area contributed by atoms with Crippen molar-refractivity contribution < 1.29 is 18.7 Å². The van der Waals surface area contributed by atoms with Gasteiger partial charge in [0.1, 0.15) is 0 Å². The van der Waals surface area contributed by atoms with Crippen LogP contribution in [0.5, 0.6) is 5.75 Å². The normalized spacial score (nSPS) is 19.0. The van der Waals surface area contributed by atoms with Crippen molar-refractivity contribution in [1.29, 1.82) is 0 Å². The fourth-order valence-corrected chi connectivity index (χ4v) is 3.65. The quantitative estimate of drug-likeness (QED) is 0.889. The van der Waals surface area contributed by atoms with E-state index in [-0.39, 0.29) is 36.1 Å². The highest BCUT2D eigenvalue weighted by molar-refractivity contribution is 5.79. The van der Waals surface area contributed by atoms with Crippen molar-refractivity contribution >= 4 is 11.8 Å². The maximum atomic E-state index is 13.5. The van der Waals surface area contributed by atoms with Gasteiger partial charge in [-0.25, -0.2) is 4.39 Å². The van der Waals surface area contributed by atoms with Gasteiger partial charge in [-0.2, -0.15) is 0 Å². The van der Waals surface area contributed by atoms with Crippen LogP contribution in [0.2, 0.25) is 0 Å². The van der Waals surface area contributed by atoms with Gasteiger partial charge in [0.05, 0.1) is 0 Å². The highest BCUT2D eigenvalue weighted by Gasteiger charge is 2.30. The van der Waals surface area contributed by atoms with E-state index in [1.54, 1.807) is 12.1 Å². The lowest BCUT2D eigenvalue weighted by Gasteiger charge is -2.33. The van der Waals surface area contributed by atoms with E-state index in [2.05, 4.69) is 5.32 Å². The monoisotopic (exact) mass is 348 g/mol. The number of carbonyl (C=O) groups excluding carboxylic acids is 2. The SMILES string of the molecule is O=C(COc1ccccc1F)NC1CCN(C(=O)C2CCCC2)CC1. The van der Waals surface area contributed by atoms with Gasteiger partial charge in [0.2, 0.25) is 5.91 Å². The molecule has 1 aliphatic heterocycles. The molecule has 1 aromatic carbocycles. The molecule has 5 nitrogen and oxygen atoms in total. The second-order valence-corrected chi connectivity index (χ2v) is 6.87. The highest BCUT2D eigenvalue weighted by Crippen LogP contribution is 2.27. The molecule has 1 aliphatic carbocycles. The molecule has 136 valence electrons. The van der Waals surface area contributed by atoms with Crippen LogP contribution in [0.3, 0.4) is 0 Å². The molecular weight excluding hydrogens is 323 g/mol. The van der Waals surface area contributed by atoms with Crippen molar-refractivity contribution in [3.05, 3.63) is 30.1 Å². The first kappa shape index (κ1) is 17.7. The number of piperidine rings is 1. The number of halogens is 1. The number of carbonyl (C=O) groups is 2. The van der Waals surface area contributed by atoms with Gasteiger partial charge in [0.15, 0.2) is 18.2 Å². The van der Waals surface area contributed by atoms with E-state index >= 15 is 0 Å². The third kappa shape index (κ3) is 4.71. The molecule has 3 rings (SSSR count). The number of hydrogen-bond donors (Lipinski definition) is 1. The molecule has 0 spiro atoms. The molecule has 0 atom stereocenters. The average Bonchev–Trinajstić information content (AvgIpc) is 3.16. The van der Waals surface area contributed by atoms with Crippen LogP contribution in [0.15, 0.2) is 24.3 Å². The molecule has 2 fully saturated rings. The number of hydrogen-bond acceptors (Lipinski definition) is 3. The summed E-state index contributed by atoms with van der Waals surface area (Å²) in [4.78, 5) is 26.3. The third-order valence-corrected chi connectivity index (χ3v) is 5.07. The third-order valence-electron chi connectivity index (χ3n) is 5.07. The van der Waals surface area contributed by atoms with Crippen LogP contribution >= 0.6 is 0 Å². The van der Waals surface area contributed by atoms with Gasteiger partial charge < -0.3 is 15.0 Å². The second-order valence-electron chi connectivity index (χ2n) is 6.87. The minimum Gasteiger partial charge on any atom is -0.481 e. The van der Waals surface area contributed by atoms with Gasteiger partial charge in [0.25, 0.3) is 5.91 Å². The Hall–Kier alpha value is -2.11. The lowest BCUT2D eigenvalue weighted by molar-refractivity contribution is -0.136. The van der Waals surface area contributed by atoms with Crippen molar-refractivity contribution in [2.45, 2.75) is 44.6 Å². The lowest BCUT2D eigenvalue weighted by atomic mass is 10.0. The van der Waals surface area contributed by atoms with Gasteiger partial charge in [-0.15, -0.1) is 0 Å². The Morgan fingerprint density at radius 1 is 1.12 bits per heavy atom. The van der Waals surface area contributed by atoms with Crippen LogP contribution in [0, 0.1) is 11.7 Å². The van der Waals surface area contributed by atoms with E-state index < -0.39 is 5.82 Å². The number of nitrogens with zero attached hydrogens (tertiary/aromatic N) is 1. The summed E-state index contributed by atoms with van der Waals surface area (Å²) in [6.07, 6.45) is 5.86. The molecule has 0 aromatic heterocycles. The van der Waals surface area contributed by atoms with Crippen LogP contribution in [0.4, 0.5) is 4.39 Å². The zero-order valence-corrected chi connectivity index (χ0v) is 14.4. The largest absolute Gasteiger partial charge is 0.481 e. The molecule has 1 saturated heterocycles. The summed E-state index contributed by atoms with van der Waals surface area (Å²) in [7, 11) is 0. The summed E-state index contributed by atoms with van der Waals surface area (Å²) >= 11 is 0. The number of likely N-dealkylation sites (tertiary alicyclic amines) is 1. The lowest BCUT2D eigenvalue weighted by Crippen LogP contribution is -2.48. The maximum Gasteiger partial charge on any atom is 0.258 e. The number of nitrogens with one attached hydrogen (secondary N) is 1. The molecule has 6 heteroatoms. The van der Waals surface area contributed by atoms with Crippen LogP contribution in [-0.4, -0.2) is 42.5 Å². The zero-order valence-electron chi connectivity index (χ0n) is 14.4. The topological polar surface area (TPSA) is 58.6 Å². The molecule has 0 radical (unpaired) electrons. The zero-order chi connectivity index (χ0) is 17.6. The molecule has 1 saturated carbocycles. The second kappa shape index (κ2) is 8.32. The van der Waals surface area contributed by atoms with Crippen LogP contribution < -0.4 is 10.1 Å². The van der Waals surface area contributed by atoms with Crippen LogP contribution in [-0.2, 0) is 9.59 Å². The van der Waals surface area contributed by atoms with E-state index in [4.69, 9.17) is 4.74 Å². The standard InChI is InChI=1S/C19H25FN2O3/c20-16-7-3-4-8-17(16)25-13-18(23)21-15-9-11-22(12-10-15)19(24)14-5-1-2-6-14/h3-4,7-8,14-15H,1-2,5-6,9-13H2,(H,21,23). The number of ether oxygens (including phenoxy) is 1. The highest BCUT2D eigenvalue weighted by atomic mass is 19.1. The fourth-order valence-electron chi connectivity index (χ4n) is 3.65. The van der Waals surface area contributed by atoms with Crippen molar-refractivity contribution in [3.63, 3.8) is 0 Å². The first-order valence-corrected chi connectivity index (χ1v) is 9.09. The molecular formula is C19H25FN2O3. The molecule has 1 heterocycles. The number of amides is 2. The fraction of sp³-hybridized carbons (Fsp3) is 0.579. The molecule has 0 bridgehead atoms. The predicted molar refractivity (Wildman–Crippen MR) is 91.6 cm³/mol. The van der Waals surface area contributed by atoms with Crippen molar-refractivity contribution in [3.8, 4) is 5.75 Å². The van der Waals surface area contributed by atoms with Crippen LogP contribution in [0.1, 0.15) is 38.5 Å². The summed E-state index contributed by atoms with van der Waals surface area (Å²) in [6.45, 7) is 1.17. The number of para-hydroxylation sites is 1. The van der Waals surface area contributed by atoms with Crippen molar-refractivity contribution in [2.24, 2.45) is 5.92 Å². The average molecular weight is 348 g/mol. The summed E-state index contributed by atoms with van der Waals surface area (Å²) in [5.74, 6) is -0.169. The van der Waals surface area contributed by atoms with E-state index in [9.17, 15) is 14.0 Å². The number of benzene rings is 1. The smallest absolute Gasteiger partial charge is 0.258 e. The Morgan fingerprint density at radius 2 is 1.80 bits per heavy atom. The summed E-state index contributed by atoms with van der Waals surface area (Å²) < 4.78 is 18.7. The summed E-state index contributed by atoms with van der Waals surface area (Å²) in [6, 6.07) is 6.07. The van der Waals surface area contributed by atoms with Crippen LogP contribution in [0.25, 0.3) is 0 Å². The van der Waals surface area contributed by atoms with Crippen molar-refractivity contribution in [1.82, 2.24) is 10.2 Å².